The van der Waals surface area contributed by atoms with Crippen molar-refractivity contribution in [2.45, 2.75) is 312 Å². The number of carbonyl (C=O) groups excluding carboxylic acids is 18. The molecule has 18 amide bonds. The molecule has 0 aliphatic carbocycles. The van der Waals surface area contributed by atoms with Crippen LogP contribution in [-0.4, -0.2) is 315 Å². The summed E-state index contributed by atoms with van der Waals surface area (Å²) in [7, 11) is 1.96. The molecule has 5 heterocycles. The Morgan fingerprint density at radius 3 is 1.64 bits per heavy atom. The fourth-order valence-electron chi connectivity index (χ4n) is 17.4. The fourth-order valence-corrected chi connectivity index (χ4v) is 19.7. The highest BCUT2D eigenvalue weighted by Gasteiger charge is 2.47. The number of aliphatic carboxylic acids is 1. The predicted molar refractivity (Wildman–Crippen MR) is 517 cm³/mol. The third kappa shape index (κ3) is 36.1. The van der Waals surface area contributed by atoms with Crippen LogP contribution in [0.25, 0.3) is 0 Å². The van der Waals surface area contributed by atoms with Gasteiger partial charge in [0.1, 0.15) is 103 Å². The van der Waals surface area contributed by atoms with Gasteiger partial charge in [-0.2, -0.15) is 0 Å². The van der Waals surface area contributed by atoms with Crippen LogP contribution in [-0.2, 0) is 104 Å². The van der Waals surface area contributed by atoms with Gasteiger partial charge in [-0.25, -0.2) is 0 Å². The Balaban J connectivity index is 1.34. The number of unbranched alkanes of at least 4 members (excludes halogenated alkanes) is 3. The molecule has 7 rings (SSSR count). The number of aliphatic hydroxyl groups is 1. The second-order valence-electron chi connectivity index (χ2n) is 36.7. The third-order valence-corrected chi connectivity index (χ3v) is 27.4. The summed E-state index contributed by atoms with van der Waals surface area (Å²) in [4.78, 5) is 281. The number of carbonyl (C=O) groups is 19. The summed E-state index contributed by atoms with van der Waals surface area (Å²) in [6, 6.07) is -7.25. The van der Waals surface area contributed by atoms with E-state index in [9.17, 15) is 67.7 Å². The van der Waals surface area contributed by atoms with E-state index in [4.69, 9.17) is 28.3 Å². The van der Waals surface area contributed by atoms with Crippen LogP contribution >= 0.6 is 21.6 Å². The van der Waals surface area contributed by atoms with E-state index in [-0.39, 0.29) is 161 Å². The number of aliphatic hydroxyl groups excluding tert-OH is 1. The highest BCUT2D eigenvalue weighted by atomic mass is 33.1. The molecule has 0 spiro atoms. The maximum atomic E-state index is 15.7. The molecular formula is C93H145N23O21S2. The first-order valence-corrected chi connectivity index (χ1v) is 50.8. The Kier molecular flexibility index (Phi) is 47.9. The second kappa shape index (κ2) is 58.3. The first-order valence-electron chi connectivity index (χ1n) is 48.4. The number of nitrogens with zero attached hydrogens (tertiary/aromatic N) is 4. The molecule has 2 aromatic rings. The number of amides is 18. The third-order valence-electron chi connectivity index (χ3n) is 25.0. The first kappa shape index (κ1) is 114. The average molecular weight is 1990 g/mol. The zero-order valence-corrected chi connectivity index (χ0v) is 82.2. The minimum Gasteiger partial charge on any atom is -0.481 e. The number of hydrogen-bond donors (Lipinski definition) is 21. The summed E-state index contributed by atoms with van der Waals surface area (Å²) < 4.78 is 0. The predicted octanol–water partition coefficient (Wildman–Crippen LogP) is -2.68. The molecule has 0 bridgehead atoms. The quantitative estimate of drug-likeness (QED) is 0.0140. The van der Waals surface area contributed by atoms with Crippen LogP contribution in [0.3, 0.4) is 0 Å². The van der Waals surface area contributed by atoms with Gasteiger partial charge in [-0.05, 0) is 171 Å². The largest absolute Gasteiger partial charge is 0.481 e. The molecule has 5 aliphatic rings. The zero-order chi connectivity index (χ0) is 102. The molecule has 44 nitrogen and oxygen atoms in total. The van der Waals surface area contributed by atoms with Gasteiger partial charge in [0.15, 0.2) is 5.96 Å². The number of rotatable bonds is 39. The number of hydrogen-bond acceptors (Lipinski definition) is 25. The molecule has 5 aliphatic heterocycles. The summed E-state index contributed by atoms with van der Waals surface area (Å²) >= 11 is 0. The lowest BCUT2D eigenvalue weighted by molar-refractivity contribution is -0.148. The number of carboxylic acids is 1. The molecule has 0 radical (unpaired) electrons. The summed E-state index contributed by atoms with van der Waals surface area (Å²) in [6.45, 7) is 10.9. The van der Waals surface area contributed by atoms with Crippen molar-refractivity contribution < 1.29 is 101 Å². The minimum absolute atomic E-state index is 0.00436. The van der Waals surface area contributed by atoms with Crippen molar-refractivity contribution in [1.29, 1.82) is 5.41 Å². The molecule has 5 saturated heterocycles. The number of guanidine groups is 1. The lowest BCUT2D eigenvalue weighted by Gasteiger charge is -2.33. The van der Waals surface area contributed by atoms with Crippen LogP contribution in [0.5, 0.6) is 0 Å². The molecule has 0 aromatic heterocycles. The highest BCUT2D eigenvalue weighted by Crippen LogP contribution is 2.30. The van der Waals surface area contributed by atoms with E-state index in [0.29, 0.717) is 56.1 Å². The van der Waals surface area contributed by atoms with Gasteiger partial charge in [-0.3, -0.25) is 96.5 Å². The van der Waals surface area contributed by atoms with Gasteiger partial charge < -0.3 is 127 Å². The molecule has 0 unspecified atom stereocenters. The van der Waals surface area contributed by atoms with Gasteiger partial charge in [0.05, 0.1) is 6.61 Å². The molecule has 0 saturated carbocycles. The van der Waals surface area contributed by atoms with Gasteiger partial charge in [-0.15, -0.1) is 0 Å². The summed E-state index contributed by atoms with van der Waals surface area (Å²) in [5, 5.41) is 66.2. The summed E-state index contributed by atoms with van der Waals surface area (Å²) in [5.74, 6) is -18.0. The maximum Gasteiger partial charge on any atom is 0.303 e. The minimum atomic E-state index is -1.83. The first-order chi connectivity index (χ1) is 66.3. The van der Waals surface area contributed by atoms with Gasteiger partial charge in [0, 0.05) is 70.4 Å². The average Bonchev–Trinajstić information content (AvgIpc) is 1.65. The van der Waals surface area contributed by atoms with Crippen LogP contribution in [0, 0.1) is 17.2 Å². The van der Waals surface area contributed by atoms with Crippen molar-refractivity contribution in [3.05, 3.63) is 71.8 Å². The van der Waals surface area contributed by atoms with Crippen molar-refractivity contribution >= 4 is 140 Å². The second-order valence-corrected chi connectivity index (χ2v) is 39.3. The van der Waals surface area contributed by atoms with Crippen LogP contribution in [0.1, 0.15) is 207 Å². The molecule has 2 aromatic carbocycles. The Morgan fingerprint density at radius 1 is 0.525 bits per heavy atom. The van der Waals surface area contributed by atoms with E-state index in [2.05, 4.69) is 74.4 Å². The lowest BCUT2D eigenvalue weighted by atomic mass is 10.0. The highest BCUT2D eigenvalue weighted by molar-refractivity contribution is 8.76. The summed E-state index contributed by atoms with van der Waals surface area (Å²) in [5.41, 5.74) is 24.2. The number of carboxylic acid groups (broad SMARTS) is 1. The molecule has 5 fully saturated rings. The zero-order valence-electron chi connectivity index (χ0n) is 80.6. The van der Waals surface area contributed by atoms with Gasteiger partial charge >= 0.3 is 5.97 Å². The smallest absolute Gasteiger partial charge is 0.303 e. The number of benzene rings is 2. The molecule has 770 valence electrons. The Labute approximate surface area is 818 Å². The van der Waals surface area contributed by atoms with E-state index < -0.39 is 252 Å². The van der Waals surface area contributed by atoms with Crippen molar-refractivity contribution in [1.82, 2.24) is 94.0 Å². The lowest BCUT2D eigenvalue weighted by Crippen LogP contribution is -2.61. The van der Waals surface area contributed by atoms with Crippen LogP contribution in [0.4, 0.5) is 0 Å². The standard InChI is InChI=1S/C93H145N23O21S2/c1-8-9-29-63-89(134)113-43-21-33-70(113)86(131)100-55(6)77(122)111-68(51-117)84(129)109-66(49-57-25-12-10-13-26-57)83(128)112-69(85(130)107-64(31-17-19-41-95)90(135)116-46-24-36-73(116)91(136)114-44-22-34-71(114)87(132)102-59(76(96)121)37-38-74(119)120)52-139-138-47-39-62(105-82(127)67(50-58-27-14-11-15-28-58)110-88(133)72-35-23-45-115(72)92(137)75(54(4)5)101-56(7)118)80(125)108-65(48-53(2)3)81(126)104-61(32-20-42-99-93(97)98)78(123)103-60(79(124)106-63)30-16-18-40-94/h10-15,25-28,53-55,59-73,75,117H,8-9,16-24,29-52,94-95H2,1-7H3,(H2,96,121)(H,100,131)(H,101,118)(H,102,132)(H,103,123)(H,104,126)(H,105,127)(H,106,124)(H,107,130)(H,108,125)(H,109,129)(H,110,133)(H,111,122)(H,112,128)(H,119,120)(H4,97,98,99)/t55-,59-,60-,61-,62-,63-,64-,65-,66-,67-,68-,69-,70-,71-,72-,73-,75-/m0/s1. The molecule has 17 atom stereocenters. The number of primary amides is 1. The molecular weight excluding hydrogens is 1840 g/mol. The normalized spacial score (nSPS) is 24.1. The van der Waals surface area contributed by atoms with Crippen molar-refractivity contribution in [3.63, 3.8) is 0 Å². The summed E-state index contributed by atoms with van der Waals surface area (Å²) in [6.07, 6.45) is 2.05. The Morgan fingerprint density at radius 2 is 1.05 bits per heavy atom. The van der Waals surface area contributed by atoms with Crippen LogP contribution in [0.15, 0.2) is 60.7 Å². The van der Waals surface area contributed by atoms with E-state index in [0.717, 1.165) is 21.6 Å². The van der Waals surface area contributed by atoms with Crippen LogP contribution in [0.2, 0.25) is 0 Å². The molecule has 139 heavy (non-hydrogen) atoms. The maximum absolute atomic E-state index is 15.7. The topological polar surface area (TPSA) is 674 Å². The molecule has 25 N–H and O–H groups in total. The number of nitrogens with two attached hydrogens (primary N) is 4. The fraction of sp³-hybridized carbons (Fsp3) is 0.656. The Bertz CT molecular complexity index is 4550. The van der Waals surface area contributed by atoms with Crippen molar-refractivity contribution in [3.8, 4) is 0 Å². The number of likely N-dealkylation sites (tertiary alicyclic amines) is 3. The van der Waals surface area contributed by atoms with Crippen molar-refractivity contribution in [2.75, 3.05) is 63.9 Å². The van der Waals surface area contributed by atoms with E-state index in [1.54, 1.807) is 88.4 Å². The van der Waals surface area contributed by atoms with Crippen LogP contribution < -0.4 is 97.4 Å². The SMILES string of the molecule is CCCC[C@@H]1NC(=O)[C@H](CCCCN)NC(=O)[C@H](CCCNC(=N)N)NC(=O)[C@H](CC(C)C)NC(=O)[C@@H](NC(=O)[C@H](Cc2ccccc2)NC(=O)[C@@H]2CCCN2C(=O)[C@@H](NC(C)=O)C(C)C)CCSSC[C@@H](C(=O)N[C@@H](CCCCN)C(=O)N2CCC[C@H]2C(=O)N2CCC[C@H]2C(=O)N[C@@H](CCC(=O)O)C(N)=O)NC(=O)[C@H](Cc2ccccc2)NC(=O)[C@H](CO)NC(=O)[C@H](C)NC(=O)[C@@H]2CCCN2C1=O. The van der Waals surface area contributed by atoms with E-state index >= 15 is 33.6 Å². The van der Waals surface area contributed by atoms with Crippen molar-refractivity contribution in [2.24, 2.45) is 34.8 Å². The van der Waals surface area contributed by atoms with E-state index in [1.807, 2.05) is 6.92 Å². The van der Waals surface area contributed by atoms with Gasteiger partial charge in [-0.1, -0.05) is 130 Å². The Hall–Kier alpha value is -11.8. The monoisotopic (exact) mass is 1980 g/mol. The van der Waals surface area contributed by atoms with Gasteiger partial charge in [0.25, 0.3) is 0 Å². The number of fused-ring (bicyclic) bond motifs is 1. The number of nitrogens with one attached hydrogen (secondary N) is 15. The molecule has 46 heteroatoms. The van der Waals surface area contributed by atoms with E-state index in [1.165, 1.54) is 33.4 Å². The van der Waals surface area contributed by atoms with Gasteiger partial charge in [0.2, 0.25) is 106 Å².